The van der Waals surface area contributed by atoms with Crippen LogP contribution in [-0.2, 0) is 0 Å². The first-order chi connectivity index (χ1) is 8.91. The van der Waals surface area contributed by atoms with Crippen molar-refractivity contribution in [1.82, 2.24) is 0 Å². The molecule has 0 aliphatic carbocycles. The molecular weight excluding hydrogens is 350 g/mol. The second-order valence-electron chi connectivity index (χ2n) is 3.72. The number of alkyl halides is 7. The Balaban J connectivity index is 0. The summed E-state index contributed by atoms with van der Waals surface area (Å²) in [6.07, 6.45) is -9.30. The predicted molar refractivity (Wildman–Crippen MR) is 75.3 cm³/mol. The van der Waals surface area contributed by atoms with Gasteiger partial charge in [0.05, 0.1) is 6.67 Å². The predicted octanol–water partition coefficient (Wildman–Crippen LogP) is 4.18. The van der Waals surface area contributed by atoms with E-state index in [0.29, 0.717) is 6.42 Å². The maximum atomic E-state index is 13.1. The topological polar surface area (TPSA) is 0 Å². The van der Waals surface area contributed by atoms with Gasteiger partial charge < -0.3 is 0 Å². The third kappa shape index (κ3) is 10.2. The standard InChI is InChI=1S/C10H15Cl2F5.ClH3Si/c11-10(12)9(17)8(16)7(15)6(14)4-2-1-3-5-13;1-2/h6-10H,1-5H2;2H3. The minimum Gasteiger partial charge on any atom is -0.251 e. The van der Waals surface area contributed by atoms with Crippen LogP contribution in [0.1, 0.15) is 25.7 Å². The lowest BCUT2D eigenvalue weighted by Gasteiger charge is -2.20. The van der Waals surface area contributed by atoms with E-state index in [-0.39, 0.29) is 19.3 Å². The van der Waals surface area contributed by atoms with E-state index in [4.69, 9.17) is 34.3 Å². The molecule has 0 fully saturated rings. The summed E-state index contributed by atoms with van der Waals surface area (Å²) in [5, 5.41) is 0. The summed E-state index contributed by atoms with van der Waals surface area (Å²) in [4.78, 5) is -1.73. The van der Waals surface area contributed by atoms with E-state index in [9.17, 15) is 22.0 Å². The molecule has 0 aromatic rings. The first-order valence-electron chi connectivity index (χ1n) is 5.70. The first-order valence-corrected chi connectivity index (χ1v) is 9.59. The van der Waals surface area contributed by atoms with Crippen LogP contribution in [0.3, 0.4) is 0 Å². The SMILES string of the molecule is FCCCCCC(F)C(F)C(F)C(F)C(Cl)Cl.[SiH3]Cl. The zero-order chi connectivity index (χ0) is 15.4. The fraction of sp³-hybridized carbons (Fsp3) is 1.00. The normalized spacial score (nSPS) is 17.5. The molecule has 0 amide bonds. The van der Waals surface area contributed by atoms with Gasteiger partial charge in [0.2, 0.25) is 0 Å². The summed E-state index contributed by atoms with van der Waals surface area (Å²) in [5.74, 6) is 0. The van der Waals surface area contributed by atoms with Crippen molar-refractivity contribution in [3.8, 4) is 0 Å². The van der Waals surface area contributed by atoms with E-state index >= 15 is 0 Å². The highest BCUT2D eigenvalue weighted by molar-refractivity contribution is 6.80. The van der Waals surface area contributed by atoms with E-state index in [0.717, 1.165) is 9.55 Å². The zero-order valence-corrected chi connectivity index (χ0v) is 14.7. The van der Waals surface area contributed by atoms with Gasteiger partial charge in [-0.1, -0.05) is 12.8 Å². The first kappa shape index (κ1) is 22.0. The van der Waals surface area contributed by atoms with Crippen LogP contribution in [0, 0.1) is 0 Å². The Labute approximate surface area is 128 Å². The van der Waals surface area contributed by atoms with Crippen molar-refractivity contribution >= 4 is 43.8 Å². The Hall–Kier alpha value is 0.737. The van der Waals surface area contributed by atoms with Crippen molar-refractivity contribution in [2.24, 2.45) is 0 Å². The molecule has 0 aliphatic rings. The van der Waals surface area contributed by atoms with Crippen molar-refractivity contribution in [2.45, 2.75) is 55.2 Å². The molecule has 0 aromatic carbocycles. The lowest BCUT2D eigenvalue weighted by atomic mass is 10.0. The minimum absolute atomic E-state index is 0.223. The zero-order valence-electron chi connectivity index (χ0n) is 10.4. The van der Waals surface area contributed by atoms with Crippen molar-refractivity contribution in [3.05, 3.63) is 0 Å². The molecule has 4 unspecified atom stereocenters. The summed E-state index contributed by atoms with van der Waals surface area (Å²) < 4.78 is 63.9. The molecule has 0 saturated heterocycles. The van der Waals surface area contributed by atoms with E-state index in [1.165, 1.54) is 0 Å². The number of halogens is 8. The lowest BCUT2D eigenvalue weighted by molar-refractivity contribution is 0.0332. The quantitative estimate of drug-likeness (QED) is 0.189. The van der Waals surface area contributed by atoms with Crippen molar-refractivity contribution in [3.63, 3.8) is 0 Å². The summed E-state index contributed by atoms with van der Waals surface area (Å²) in [6.45, 7) is -0.533. The largest absolute Gasteiger partial charge is 0.251 e. The Morgan fingerprint density at radius 2 is 1.32 bits per heavy atom. The van der Waals surface area contributed by atoms with E-state index < -0.39 is 36.2 Å². The molecule has 0 rings (SSSR count). The summed E-state index contributed by atoms with van der Waals surface area (Å²) in [7, 11) is 0.778. The molecule has 0 heterocycles. The van der Waals surface area contributed by atoms with E-state index in [1.54, 1.807) is 0 Å². The van der Waals surface area contributed by atoms with Gasteiger partial charge in [0.15, 0.2) is 18.5 Å². The van der Waals surface area contributed by atoms with E-state index in [1.807, 2.05) is 0 Å². The smallest absolute Gasteiger partial charge is 0.168 e. The molecule has 0 nitrogen and oxygen atoms in total. The van der Waals surface area contributed by atoms with Gasteiger partial charge in [0.25, 0.3) is 0 Å². The highest BCUT2D eigenvalue weighted by Gasteiger charge is 2.38. The van der Waals surface area contributed by atoms with Crippen molar-refractivity contribution in [1.29, 1.82) is 0 Å². The Bertz CT molecular complexity index is 202. The molecule has 0 radical (unpaired) electrons. The molecule has 0 saturated carbocycles. The number of hydrogen-bond donors (Lipinski definition) is 0. The van der Waals surface area contributed by atoms with Gasteiger partial charge in [-0.25, -0.2) is 17.6 Å². The second kappa shape index (κ2) is 13.7. The summed E-state index contributed by atoms with van der Waals surface area (Å²) in [5.41, 5.74) is 0. The third-order valence-corrected chi connectivity index (χ3v) is 2.79. The molecule has 118 valence electrons. The number of unbranched alkanes of at least 4 members (excludes halogenated alkanes) is 2. The van der Waals surface area contributed by atoms with Crippen LogP contribution in [0.2, 0.25) is 0 Å². The molecular formula is C10H18Cl3F5Si. The van der Waals surface area contributed by atoms with Crippen LogP contribution < -0.4 is 0 Å². The van der Waals surface area contributed by atoms with Crippen molar-refractivity contribution in [2.75, 3.05) is 6.67 Å². The van der Waals surface area contributed by atoms with Gasteiger partial charge in [-0.15, -0.1) is 23.2 Å². The highest BCUT2D eigenvalue weighted by Crippen LogP contribution is 2.26. The van der Waals surface area contributed by atoms with Gasteiger partial charge in [0.1, 0.15) is 20.6 Å². The van der Waals surface area contributed by atoms with Crippen LogP contribution in [0.15, 0.2) is 0 Å². The van der Waals surface area contributed by atoms with Crippen LogP contribution in [0.5, 0.6) is 0 Å². The van der Waals surface area contributed by atoms with Crippen LogP contribution in [-0.4, -0.2) is 45.7 Å². The summed E-state index contributed by atoms with van der Waals surface area (Å²) in [6, 6.07) is 0. The average Bonchev–Trinajstić information content (AvgIpc) is 2.42. The Morgan fingerprint density at radius 1 is 0.789 bits per heavy atom. The fourth-order valence-corrected chi connectivity index (χ4v) is 1.56. The van der Waals surface area contributed by atoms with Crippen LogP contribution >= 0.6 is 34.3 Å². The minimum atomic E-state index is -2.69. The van der Waals surface area contributed by atoms with Gasteiger partial charge in [0, 0.05) is 0 Å². The molecule has 4 atom stereocenters. The maximum absolute atomic E-state index is 13.1. The Morgan fingerprint density at radius 3 is 1.74 bits per heavy atom. The monoisotopic (exact) mass is 366 g/mol. The molecule has 0 bridgehead atoms. The second-order valence-corrected chi connectivity index (χ2v) is 4.89. The average molecular weight is 368 g/mol. The molecule has 9 heteroatoms. The van der Waals surface area contributed by atoms with E-state index in [2.05, 4.69) is 0 Å². The van der Waals surface area contributed by atoms with Gasteiger partial charge in [-0.2, -0.15) is 11.1 Å². The molecule has 0 spiro atoms. The maximum Gasteiger partial charge on any atom is 0.168 e. The third-order valence-electron chi connectivity index (χ3n) is 2.31. The van der Waals surface area contributed by atoms with Crippen LogP contribution in [0.25, 0.3) is 0 Å². The van der Waals surface area contributed by atoms with Crippen LogP contribution in [0.4, 0.5) is 22.0 Å². The highest BCUT2D eigenvalue weighted by atomic mass is 35.6. The lowest BCUT2D eigenvalue weighted by Crippen LogP contribution is -2.37. The molecule has 0 aromatic heterocycles. The van der Waals surface area contributed by atoms with Gasteiger partial charge >= 0.3 is 0 Å². The van der Waals surface area contributed by atoms with Gasteiger partial charge in [-0.05, 0) is 12.8 Å². The number of hydrogen-bond acceptors (Lipinski definition) is 0. The van der Waals surface area contributed by atoms with Crippen molar-refractivity contribution < 1.29 is 22.0 Å². The molecule has 0 aliphatic heterocycles. The number of rotatable bonds is 9. The van der Waals surface area contributed by atoms with Gasteiger partial charge in [-0.3, -0.25) is 4.39 Å². The molecule has 19 heavy (non-hydrogen) atoms. The summed E-state index contributed by atoms with van der Waals surface area (Å²) >= 11 is 14.9. The molecule has 0 N–H and O–H groups in total. The Kier molecular flexibility index (Phi) is 15.9. The fourth-order valence-electron chi connectivity index (χ4n) is 1.28.